The number of esters is 2. The van der Waals surface area contributed by atoms with E-state index in [0.717, 1.165) is 17.5 Å². The Morgan fingerprint density at radius 1 is 1.08 bits per heavy atom. The molecule has 9 nitrogen and oxygen atoms in total. The summed E-state index contributed by atoms with van der Waals surface area (Å²) in [5, 5.41) is 2.61. The molecule has 0 radical (unpaired) electrons. The molecule has 1 N–H and O–H groups in total. The van der Waals surface area contributed by atoms with Gasteiger partial charge in [0.25, 0.3) is 5.91 Å². The minimum absolute atomic E-state index is 0.00113. The summed E-state index contributed by atoms with van der Waals surface area (Å²) in [6.45, 7) is 12.6. The zero-order valence-electron chi connectivity index (χ0n) is 22.9. The highest BCUT2D eigenvalue weighted by Gasteiger charge is 2.31. The lowest BCUT2D eigenvalue weighted by Crippen LogP contribution is -2.42. The molecule has 0 bridgehead atoms. The van der Waals surface area contributed by atoms with Gasteiger partial charge in [0, 0.05) is 25.1 Å². The monoisotopic (exact) mass is 514 g/mol. The molecule has 0 aliphatic heterocycles. The highest BCUT2D eigenvalue weighted by Crippen LogP contribution is 2.34. The van der Waals surface area contributed by atoms with E-state index in [-0.39, 0.29) is 29.0 Å². The van der Waals surface area contributed by atoms with Gasteiger partial charge in [0.2, 0.25) is 6.79 Å². The number of hydrogen-bond donors (Lipinski definition) is 1. The Hall–Kier alpha value is -3.62. The summed E-state index contributed by atoms with van der Waals surface area (Å²) in [6.07, 6.45) is 1.88. The Morgan fingerprint density at radius 3 is 2.38 bits per heavy atom. The highest BCUT2D eigenvalue weighted by atomic mass is 16.7. The molecule has 0 saturated carbocycles. The standard InChI is InChI=1S/C28H38N2O7/c1-9-17(3)24(22-11-10-16(2)14-18(22)4)20(6)37-28(33)19(5)30-27(32)25-26(36-15-35-21(7)31)23(34-8)12-13-29-25/h10-14,17,19-20,24H,9,15H2,1-8H3,(H,30,32)/t17?,19-,20-,24-/m0/s1. The Morgan fingerprint density at radius 2 is 1.78 bits per heavy atom. The van der Waals surface area contributed by atoms with Gasteiger partial charge >= 0.3 is 11.9 Å². The summed E-state index contributed by atoms with van der Waals surface area (Å²) in [6, 6.07) is 6.84. The minimum Gasteiger partial charge on any atom is -0.493 e. The molecule has 1 aromatic carbocycles. The maximum absolute atomic E-state index is 13.0. The Labute approximate surface area is 218 Å². The zero-order valence-corrected chi connectivity index (χ0v) is 22.9. The van der Waals surface area contributed by atoms with E-state index in [1.165, 1.54) is 31.9 Å². The lowest BCUT2D eigenvalue weighted by atomic mass is 9.80. The molecule has 9 heteroatoms. The van der Waals surface area contributed by atoms with Crippen LogP contribution in [0.5, 0.6) is 11.5 Å². The van der Waals surface area contributed by atoms with E-state index in [2.05, 4.69) is 49.3 Å². The molecule has 1 unspecified atom stereocenters. The normalized spacial score (nSPS) is 14.1. The fourth-order valence-electron chi connectivity index (χ4n) is 4.22. The molecular formula is C28H38N2O7. The second-order valence-electron chi connectivity index (χ2n) is 9.20. The van der Waals surface area contributed by atoms with Crippen molar-refractivity contribution in [2.45, 2.75) is 73.0 Å². The first-order valence-corrected chi connectivity index (χ1v) is 12.4. The van der Waals surface area contributed by atoms with Crippen LogP contribution in [0.2, 0.25) is 0 Å². The van der Waals surface area contributed by atoms with Gasteiger partial charge in [-0.05, 0) is 44.7 Å². The number of carbonyl (C=O) groups is 3. The molecule has 0 aliphatic carbocycles. The number of carbonyl (C=O) groups excluding carboxylic acids is 3. The number of nitrogens with zero attached hydrogens (tertiary/aromatic N) is 1. The second-order valence-corrected chi connectivity index (χ2v) is 9.20. The topological polar surface area (TPSA) is 113 Å². The van der Waals surface area contributed by atoms with E-state index >= 15 is 0 Å². The van der Waals surface area contributed by atoms with Gasteiger partial charge in [0.1, 0.15) is 12.1 Å². The molecule has 1 heterocycles. The number of ether oxygens (including phenoxy) is 4. The van der Waals surface area contributed by atoms with Crippen LogP contribution in [0.4, 0.5) is 0 Å². The van der Waals surface area contributed by atoms with Crippen LogP contribution in [0.15, 0.2) is 30.5 Å². The maximum Gasteiger partial charge on any atom is 0.328 e. The van der Waals surface area contributed by atoms with Crippen molar-refractivity contribution in [1.29, 1.82) is 0 Å². The summed E-state index contributed by atoms with van der Waals surface area (Å²) in [5.41, 5.74) is 3.35. The molecule has 2 rings (SSSR count). The van der Waals surface area contributed by atoms with Crippen molar-refractivity contribution in [2.24, 2.45) is 5.92 Å². The SMILES string of the molecule is CCC(C)[C@H](c1ccc(C)cc1C)[C@H](C)OC(=O)[C@H](C)NC(=O)c1nccc(OC)c1OCOC(C)=O. The smallest absolute Gasteiger partial charge is 0.328 e. The Kier molecular flexibility index (Phi) is 10.9. The van der Waals surface area contributed by atoms with Crippen LogP contribution in [0.3, 0.4) is 0 Å². The zero-order chi connectivity index (χ0) is 27.7. The van der Waals surface area contributed by atoms with E-state index in [1.54, 1.807) is 6.92 Å². The van der Waals surface area contributed by atoms with Crippen molar-refractivity contribution < 1.29 is 33.3 Å². The Bertz CT molecular complexity index is 1100. The van der Waals surface area contributed by atoms with Crippen LogP contribution < -0.4 is 14.8 Å². The number of rotatable bonds is 12. The number of aromatic nitrogens is 1. The van der Waals surface area contributed by atoms with E-state index in [4.69, 9.17) is 18.9 Å². The fraction of sp³-hybridized carbons (Fsp3) is 0.500. The molecule has 0 saturated heterocycles. The molecule has 202 valence electrons. The van der Waals surface area contributed by atoms with E-state index in [1.807, 2.05) is 13.8 Å². The fourth-order valence-corrected chi connectivity index (χ4v) is 4.22. The average molecular weight is 515 g/mol. The van der Waals surface area contributed by atoms with Crippen molar-refractivity contribution in [3.63, 3.8) is 0 Å². The summed E-state index contributed by atoms with van der Waals surface area (Å²) in [5.74, 6) is -1.29. The van der Waals surface area contributed by atoms with Gasteiger partial charge in [-0.2, -0.15) is 0 Å². The third-order valence-corrected chi connectivity index (χ3v) is 6.32. The van der Waals surface area contributed by atoms with Crippen LogP contribution >= 0.6 is 0 Å². The summed E-state index contributed by atoms with van der Waals surface area (Å²) in [7, 11) is 1.40. The number of benzene rings is 1. The predicted octanol–water partition coefficient (Wildman–Crippen LogP) is 4.49. The lowest BCUT2D eigenvalue weighted by molar-refractivity contribution is -0.152. The van der Waals surface area contributed by atoms with Crippen molar-refractivity contribution in [1.82, 2.24) is 10.3 Å². The molecule has 2 aromatic rings. The number of amides is 1. The van der Waals surface area contributed by atoms with Crippen LogP contribution in [0.1, 0.15) is 74.1 Å². The molecule has 37 heavy (non-hydrogen) atoms. The van der Waals surface area contributed by atoms with E-state index < -0.39 is 36.8 Å². The first-order valence-electron chi connectivity index (χ1n) is 12.4. The molecule has 4 atom stereocenters. The van der Waals surface area contributed by atoms with Gasteiger partial charge in [0.05, 0.1) is 7.11 Å². The molecule has 0 spiro atoms. The van der Waals surface area contributed by atoms with Crippen molar-refractivity contribution in [3.05, 3.63) is 52.8 Å². The van der Waals surface area contributed by atoms with Gasteiger partial charge in [-0.1, -0.05) is 44.0 Å². The van der Waals surface area contributed by atoms with Gasteiger partial charge < -0.3 is 24.3 Å². The molecular weight excluding hydrogens is 476 g/mol. The van der Waals surface area contributed by atoms with E-state index in [0.29, 0.717) is 0 Å². The van der Waals surface area contributed by atoms with Crippen LogP contribution in [-0.2, 0) is 19.1 Å². The first kappa shape index (κ1) is 29.6. The predicted molar refractivity (Wildman–Crippen MR) is 139 cm³/mol. The average Bonchev–Trinajstić information content (AvgIpc) is 2.84. The number of pyridine rings is 1. The largest absolute Gasteiger partial charge is 0.493 e. The van der Waals surface area contributed by atoms with Crippen LogP contribution in [0, 0.1) is 19.8 Å². The van der Waals surface area contributed by atoms with Crippen molar-refractivity contribution >= 4 is 17.8 Å². The highest BCUT2D eigenvalue weighted by molar-refractivity contribution is 5.98. The Balaban J connectivity index is 2.16. The van der Waals surface area contributed by atoms with Crippen LogP contribution in [0.25, 0.3) is 0 Å². The molecule has 0 fully saturated rings. The number of aryl methyl sites for hydroxylation is 2. The summed E-state index contributed by atoms with van der Waals surface area (Å²) in [4.78, 5) is 41.1. The van der Waals surface area contributed by atoms with Crippen molar-refractivity contribution in [2.75, 3.05) is 13.9 Å². The molecule has 1 amide bonds. The van der Waals surface area contributed by atoms with Gasteiger partial charge in [-0.15, -0.1) is 0 Å². The summed E-state index contributed by atoms with van der Waals surface area (Å²) >= 11 is 0. The number of methoxy groups -OCH3 is 1. The summed E-state index contributed by atoms with van der Waals surface area (Å²) < 4.78 is 21.3. The third kappa shape index (κ3) is 7.93. The quantitative estimate of drug-likeness (QED) is 0.326. The maximum atomic E-state index is 13.0. The third-order valence-electron chi connectivity index (χ3n) is 6.32. The van der Waals surface area contributed by atoms with Gasteiger partial charge in [-0.25, -0.2) is 9.78 Å². The number of hydrogen-bond acceptors (Lipinski definition) is 8. The molecule has 0 aliphatic rings. The second kappa shape index (κ2) is 13.6. The van der Waals surface area contributed by atoms with Crippen LogP contribution in [-0.4, -0.2) is 48.9 Å². The lowest BCUT2D eigenvalue weighted by Gasteiger charge is -2.31. The number of nitrogens with one attached hydrogen (secondary N) is 1. The van der Waals surface area contributed by atoms with Crippen molar-refractivity contribution in [3.8, 4) is 11.5 Å². The van der Waals surface area contributed by atoms with Gasteiger partial charge in [0.15, 0.2) is 17.2 Å². The first-order chi connectivity index (χ1) is 17.5. The minimum atomic E-state index is -0.957. The molecule has 1 aromatic heterocycles. The van der Waals surface area contributed by atoms with E-state index in [9.17, 15) is 14.4 Å². The van der Waals surface area contributed by atoms with Gasteiger partial charge in [-0.3, -0.25) is 9.59 Å².